The van der Waals surface area contributed by atoms with Crippen molar-refractivity contribution >= 4 is 15.9 Å². The molecule has 0 heterocycles. The molecule has 15 heavy (non-hydrogen) atoms. The van der Waals surface area contributed by atoms with Gasteiger partial charge in [-0.05, 0) is 55.5 Å². The Morgan fingerprint density at radius 1 is 1.40 bits per heavy atom. The average Bonchev–Trinajstić information content (AvgIpc) is 3.03. The molecule has 0 radical (unpaired) electrons. The van der Waals surface area contributed by atoms with E-state index in [1.54, 1.807) is 0 Å². The maximum absolute atomic E-state index is 5.71. The Balaban J connectivity index is 1.99. The predicted molar refractivity (Wildman–Crippen MR) is 65.1 cm³/mol. The number of benzene rings is 1. The van der Waals surface area contributed by atoms with E-state index < -0.39 is 0 Å². The van der Waals surface area contributed by atoms with Crippen LogP contribution < -0.4 is 10.5 Å². The maximum atomic E-state index is 5.71. The SMILES string of the molecule is NCCc1cc(OCC2CC2)ccc1Br. The van der Waals surface area contributed by atoms with Gasteiger partial charge in [0.15, 0.2) is 0 Å². The molecule has 3 heteroatoms. The van der Waals surface area contributed by atoms with Gasteiger partial charge in [0.2, 0.25) is 0 Å². The van der Waals surface area contributed by atoms with Crippen molar-refractivity contribution in [2.24, 2.45) is 11.7 Å². The molecule has 82 valence electrons. The van der Waals surface area contributed by atoms with E-state index >= 15 is 0 Å². The molecule has 0 aliphatic heterocycles. The lowest BCUT2D eigenvalue weighted by molar-refractivity contribution is 0.299. The Morgan fingerprint density at radius 3 is 2.87 bits per heavy atom. The Labute approximate surface area is 98.9 Å². The van der Waals surface area contributed by atoms with E-state index in [9.17, 15) is 0 Å². The molecule has 1 aliphatic rings. The Bertz CT molecular complexity index is 336. The van der Waals surface area contributed by atoms with E-state index in [0.717, 1.165) is 29.2 Å². The van der Waals surface area contributed by atoms with Gasteiger partial charge in [0.25, 0.3) is 0 Å². The fraction of sp³-hybridized carbons (Fsp3) is 0.500. The highest BCUT2D eigenvalue weighted by Crippen LogP contribution is 2.30. The lowest BCUT2D eigenvalue weighted by Crippen LogP contribution is -2.04. The predicted octanol–water partition coefficient (Wildman–Crippen LogP) is 2.74. The van der Waals surface area contributed by atoms with Gasteiger partial charge in [-0.3, -0.25) is 0 Å². The summed E-state index contributed by atoms with van der Waals surface area (Å²) in [6, 6.07) is 6.12. The maximum Gasteiger partial charge on any atom is 0.119 e. The molecule has 0 atom stereocenters. The van der Waals surface area contributed by atoms with Gasteiger partial charge in [0.1, 0.15) is 5.75 Å². The number of halogens is 1. The summed E-state index contributed by atoms with van der Waals surface area (Å²) in [7, 11) is 0. The van der Waals surface area contributed by atoms with Crippen LogP contribution in [0.3, 0.4) is 0 Å². The highest BCUT2D eigenvalue weighted by Gasteiger charge is 2.21. The second-order valence-electron chi connectivity index (χ2n) is 4.05. The van der Waals surface area contributed by atoms with Gasteiger partial charge >= 0.3 is 0 Å². The van der Waals surface area contributed by atoms with Crippen molar-refractivity contribution in [3.8, 4) is 5.75 Å². The Kier molecular flexibility index (Phi) is 3.65. The first-order chi connectivity index (χ1) is 7.29. The molecule has 1 fully saturated rings. The molecule has 1 aromatic rings. The molecule has 1 aromatic carbocycles. The summed E-state index contributed by atoms with van der Waals surface area (Å²) in [4.78, 5) is 0. The number of nitrogens with two attached hydrogens (primary N) is 1. The highest BCUT2D eigenvalue weighted by atomic mass is 79.9. The third-order valence-corrected chi connectivity index (χ3v) is 3.39. The van der Waals surface area contributed by atoms with E-state index in [2.05, 4.69) is 22.0 Å². The fourth-order valence-corrected chi connectivity index (χ4v) is 1.93. The third kappa shape index (κ3) is 3.21. The summed E-state index contributed by atoms with van der Waals surface area (Å²) >= 11 is 3.51. The summed E-state index contributed by atoms with van der Waals surface area (Å²) in [6.45, 7) is 1.54. The highest BCUT2D eigenvalue weighted by molar-refractivity contribution is 9.10. The summed E-state index contributed by atoms with van der Waals surface area (Å²) in [5, 5.41) is 0. The van der Waals surface area contributed by atoms with Crippen LogP contribution in [0.4, 0.5) is 0 Å². The van der Waals surface area contributed by atoms with E-state index in [-0.39, 0.29) is 0 Å². The van der Waals surface area contributed by atoms with Crippen LogP contribution in [0.5, 0.6) is 5.75 Å². The van der Waals surface area contributed by atoms with Gasteiger partial charge in [-0.25, -0.2) is 0 Å². The van der Waals surface area contributed by atoms with Gasteiger partial charge in [-0.15, -0.1) is 0 Å². The summed E-state index contributed by atoms with van der Waals surface area (Å²) < 4.78 is 6.83. The molecule has 2 N–H and O–H groups in total. The normalized spacial score (nSPS) is 15.3. The van der Waals surface area contributed by atoms with Crippen LogP contribution in [0.25, 0.3) is 0 Å². The number of hydrogen-bond acceptors (Lipinski definition) is 2. The summed E-state index contributed by atoms with van der Waals surface area (Å²) in [6.07, 6.45) is 3.54. The molecule has 0 aromatic heterocycles. The van der Waals surface area contributed by atoms with Crippen molar-refractivity contribution in [3.05, 3.63) is 28.2 Å². The van der Waals surface area contributed by atoms with Crippen molar-refractivity contribution in [2.45, 2.75) is 19.3 Å². The Morgan fingerprint density at radius 2 is 2.20 bits per heavy atom. The van der Waals surface area contributed by atoms with E-state index in [1.165, 1.54) is 18.4 Å². The van der Waals surface area contributed by atoms with Crippen molar-refractivity contribution in [2.75, 3.05) is 13.2 Å². The fourth-order valence-electron chi connectivity index (χ4n) is 1.49. The zero-order chi connectivity index (χ0) is 10.7. The Hall–Kier alpha value is -0.540. The second-order valence-corrected chi connectivity index (χ2v) is 4.90. The van der Waals surface area contributed by atoms with Gasteiger partial charge in [0, 0.05) is 4.47 Å². The standard InChI is InChI=1S/C12H16BrNO/c13-12-4-3-11(7-10(12)5-6-14)15-8-9-1-2-9/h3-4,7,9H,1-2,5-6,8,14H2. The summed E-state index contributed by atoms with van der Waals surface area (Å²) in [5.41, 5.74) is 6.78. The van der Waals surface area contributed by atoms with Crippen LogP contribution in [-0.4, -0.2) is 13.2 Å². The number of hydrogen-bond donors (Lipinski definition) is 1. The quantitative estimate of drug-likeness (QED) is 0.892. The molecule has 1 saturated carbocycles. The van der Waals surface area contributed by atoms with Crippen LogP contribution in [-0.2, 0) is 6.42 Å². The van der Waals surface area contributed by atoms with Gasteiger partial charge in [-0.2, -0.15) is 0 Å². The van der Waals surface area contributed by atoms with Gasteiger partial charge in [0.05, 0.1) is 6.61 Å². The zero-order valence-corrected chi connectivity index (χ0v) is 10.3. The van der Waals surface area contributed by atoms with Gasteiger partial charge in [-0.1, -0.05) is 15.9 Å². The molecule has 0 unspecified atom stereocenters. The van der Waals surface area contributed by atoms with Crippen LogP contribution >= 0.6 is 15.9 Å². The van der Waals surface area contributed by atoms with E-state index in [0.29, 0.717) is 6.54 Å². The largest absolute Gasteiger partial charge is 0.493 e. The van der Waals surface area contributed by atoms with E-state index in [1.807, 2.05) is 12.1 Å². The van der Waals surface area contributed by atoms with Crippen LogP contribution in [0, 0.1) is 5.92 Å². The number of ether oxygens (including phenoxy) is 1. The molecule has 0 saturated heterocycles. The molecule has 2 rings (SSSR count). The second kappa shape index (κ2) is 4.99. The molecular weight excluding hydrogens is 254 g/mol. The van der Waals surface area contributed by atoms with Crippen LogP contribution in [0.15, 0.2) is 22.7 Å². The van der Waals surface area contributed by atoms with Crippen molar-refractivity contribution < 1.29 is 4.74 Å². The average molecular weight is 270 g/mol. The number of rotatable bonds is 5. The first-order valence-corrected chi connectivity index (χ1v) is 6.20. The molecule has 0 amide bonds. The summed E-state index contributed by atoms with van der Waals surface area (Å²) in [5.74, 6) is 1.76. The molecular formula is C12H16BrNO. The molecule has 1 aliphatic carbocycles. The minimum atomic E-state index is 0.671. The van der Waals surface area contributed by atoms with Gasteiger partial charge < -0.3 is 10.5 Å². The first-order valence-electron chi connectivity index (χ1n) is 5.41. The van der Waals surface area contributed by atoms with Crippen LogP contribution in [0.2, 0.25) is 0 Å². The topological polar surface area (TPSA) is 35.2 Å². The van der Waals surface area contributed by atoms with Crippen LogP contribution in [0.1, 0.15) is 18.4 Å². The minimum absolute atomic E-state index is 0.671. The first kappa shape index (κ1) is 11.0. The van der Waals surface area contributed by atoms with E-state index in [4.69, 9.17) is 10.5 Å². The minimum Gasteiger partial charge on any atom is -0.493 e. The molecule has 0 spiro atoms. The smallest absolute Gasteiger partial charge is 0.119 e. The molecule has 0 bridgehead atoms. The molecule has 2 nitrogen and oxygen atoms in total. The monoisotopic (exact) mass is 269 g/mol. The lowest BCUT2D eigenvalue weighted by atomic mass is 10.1. The van der Waals surface area contributed by atoms with Crippen molar-refractivity contribution in [1.29, 1.82) is 0 Å². The van der Waals surface area contributed by atoms with Crippen molar-refractivity contribution in [3.63, 3.8) is 0 Å². The van der Waals surface area contributed by atoms with Crippen molar-refractivity contribution in [1.82, 2.24) is 0 Å². The zero-order valence-electron chi connectivity index (χ0n) is 8.71. The third-order valence-electron chi connectivity index (χ3n) is 2.61. The lowest BCUT2D eigenvalue weighted by Gasteiger charge is -2.08.